The summed E-state index contributed by atoms with van der Waals surface area (Å²) in [5.74, 6) is 2.80. The third-order valence-corrected chi connectivity index (χ3v) is 11.5. The molecule has 6 heteroatoms. The number of hydrogen-bond acceptors (Lipinski definition) is 6. The Kier molecular flexibility index (Phi) is 8.15. The van der Waals surface area contributed by atoms with Crippen LogP contribution < -0.4 is 0 Å². The zero-order valence-electron chi connectivity index (χ0n) is 25.0. The molecule has 7 rings (SSSR count). The smallest absolute Gasteiger partial charge is 0.0701 e. The van der Waals surface area contributed by atoms with Crippen LogP contribution >= 0.6 is 0 Å². The predicted octanol–water partition coefficient (Wildman–Crippen LogP) is 5.67. The van der Waals surface area contributed by atoms with Crippen molar-refractivity contribution in [2.45, 2.75) is 63.8 Å². The van der Waals surface area contributed by atoms with E-state index in [1.165, 1.54) is 55.2 Å². The molecule has 3 aromatic rings. The molecule has 2 aliphatic carbocycles. The van der Waals surface area contributed by atoms with E-state index in [-0.39, 0.29) is 12.6 Å². The Morgan fingerprint density at radius 1 is 0.881 bits per heavy atom. The Hall–Kier alpha value is -2.64. The first-order chi connectivity index (χ1) is 20.7. The molecule has 2 saturated heterocycles. The van der Waals surface area contributed by atoms with Crippen LogP contribution in [0.3, 0.4) is 0 Å². The van der Waals surface area contributed by atoms with Gasteiger partial charge in [0.25, 0.3) is 0 Å². The first kappa shape index (κ1) is 28.1. The molecule has 0 bridgehead atoms. The average molecular weight is 567 g/mol. The molecular formula is C36H46N4O2. The van der Waals surface area contributed by atoms with Crippen LogP contribution in [0.5, 0.6) is 0 Å². The summed E-state index contributed by atoms with van der Waals surface area (Å²) in [7, 11) is 1.89. The first-order valence-electron chi connectivity index (χ1n) is 16.1. The molecule has 1 N–H and O–H groups in total. The van der Waals surface area contributed by atoms with Crippen LogP contribution in [-0.4, -0.2) is 70.4 Å². The van der Waals surface area contributed by atoms with Gasteiger partial charge < -0.3 is 9.84 Å². The number of hydrogen-bond donors (Lipinski definition) is 1. The van der Waals surface area contributed by atoms with Crippen LogP contribution in [-0.2, 0) is 17.8 Å². The van der Waals surface area contributed by atoms with Gasteiger partial charge in [0, 0.05) is 56.9 Å². The van der Waals surface area contributed by atoms with E-state index in [1.54, 1.807) is 0 Å². The molecule has 1 spiro atoms. The summed E-state index contributed by atoms with van der Waals surface area (Å²) < 4.78 is 5.87. The molecule has 2 aromatic heterocycles. The monoisotopic (exact) mass is 566 g/mol. The van der Waals surface area contributed by atoms with E-state index in [9.17, 15) is 5.11 Å². The van der Waals surface area contributed by atoms with Crippen molar-refractivity contribution in [3.05, 3.63) is 84.3 Å². The Morgan fingerprint density at radius 3 is 2.38 bits per heavy atom. The zero-order chi connectivity index (χ0) is 28.5. The fourth-order valence-electron chi connectivity index (χ4n) is 9.59. The van der Waals surface area contributed by atoms with Crippen molar-refractivity contribution in [1.82, 2.24) is 19.8 Å². The van der Waals surface area contributed by atoms with Crippen LogP contribution in [0.2, 0.25) is 0 Å². The standard InChI is InChI=1S/C36H46N4O2/c1-42-30-9-10-31-29(20-30)21-32-34(24-41)40(23-27-11-16-37-17-12-27)25-36(35(31)32)13-18-39(19-14-36)22-26-5-7-28(8-6-26)33-4-2-3-15-38-33/h2-8,11-12,15-17,29-32,34-35,41H,9-10,13-14,18-25H2,1H3/t29?,30?,31?,32?,34-,35?/m1/s1. The molecular weight excluding hydrogens is 520 g/mol. The normalized spacial score (nSPS) is 31.1. The summed E-state index contributed by atoms with van der Waals surface area (Å²) in [6.45, 7) is 5.57. The minimum atomic E-state index is 0.246. The number of pyridine rings is 2. The van der Waals surface area contributed by atoms with E-state index in [2.05, 4.69) is 62.2 Å². The quantitative estimate of drug-likeness (QED) is 0.398. The van der Waals surface area contributed by atoms with Crippen molar-refractivity contribution in [2.75, 3.05) is 33.4 Å². The molecule has 222 valence electrons. The number of aromatic nitrogens is 2. The Bertz CT molecular complexity index is 1290. The summed E-state index contributed by atoms with van der Waals surface area (Å²) in [6, 6.07) is 19.6. The first-order valence-corrected chi connectivity index (χ1v) is 16.1. The van der Waals surface area contributed by atoms with Crippen LogP contribution in [0.1, 0.15) is 49.7 Å². The number of nitrogens with zero attached hydrogens (tertiary/aromatic N) is 4. The van der Waals surface area contributed by atoms with Gasteiger partial charge in [-0.05, 0) is 116 Å². The number of benzene rings is 1. The number of ether oxygens (including phenoxy) is 1. The van der Waals surface area contributed by atoms with Gasteiger partial charge in [-0.1, -0.05) is 30.3 Å². The second-order valence-electron chi connectivity index (χ2n) is 13.6. The lowest BCUT2D eigenvalue weighted by molar-refractivity contribution is -0.110. The van der Waals surface area contributed by atoms with E-state index in [1.807, 2.05) is 37.8 Å². The van der Waals surface area contributed by atoms with Crippen molar-refractivity contribution >= 4 is 0 Å². The molecule has 6 nitrogen and oxygen atoms in total. The van der Waals surface area contributed by atoms with Gasteiger partial charge >= 0.3 is 0 Å². The molecule has 0 amide bonds. The van der Waals surface area contributed by atoms with E-state index in [0.717, 1.165) is 50.3 Å². The minimum Gasteiger partial charge on any atom is -0.395 e. The van der Waals surface area contributed by atoms with E-state index >= 15 is 0 Å². The number of aliphatic hydroxyl groups is 1. The maximum atomic E-state index is 10.8. The van der Waals surface area contributed by atoms with Crippen LogP contribution in [0.4, 0.5) is 0 Å². The van der Waals surface area contributed by atoms with Gasteiger partial charge in [0.15, 0.2) is 0 Å². The molecule has 1 aromatic carbocycles. The van der Waals surface area contributed by atoms with Crippen molar-refractivity contribution in [3.8, 4) is 11.3 Å². The summed E-state index contributed by atoms with van der Waals surface area (Å²) in [6.07, 6.45) is 13.5. The predicted molar refractivity (Wildman–Crippen MR) is 165 cm³/mol. The molecule has 0 radical (unpaired) electrons. The van der Waals surface area contributed by atoms with Gasteiger partial charge in [-0.3, -0.25) is 19.8 Å². The Balaban J connectivity index is 1.10. The van der Waals surface area contributed by atoms with Gasteiger partial charge in [-0.2, -0.15) is 0 Å². The number of rotatable bonds is 7. The summed E-state index contributed by atoms with van der Waals surface area (Å²) in [5, 5.41) is 10.8. The molecule has 42 heavy (non-hydrogen) atoms. The lowest BCUT2D eigenvalue weighted by Gasteiger charge is -2.58. The maximum absolute atomic E-state index is 10.8. The zero-order valence-corrected chi connectivity index (χ0v) is 25.0. The molecule has 6 atom stereocenters. The molecule has 5 unspecified atom stereocenters. The van der Waals surface area contributed by atoms with Gasteiger partial charge in [0.05, 0.1) is 18.4 Å². The maximum Gasteiger partial charge on any atom is 0.0701 e. The summed E-state index contributed by atoms with van der Waals surface area (Å²) in [4.78, 5) is 14.1. The Morgan fingerprint density at radius 2 is 1.67 bits per heavy atom. The highest BCUT2D eigenvalue weighted by Gasteiger charge is 2.60. The number of aliphatic hydroxyl groups excluding tert-OH is 1. The highest BCUT2D eigenvalue weighted by Crippen LogP contribution is 2.62. The summed E-state index contributed by atoms with van der Waals surface area (Å²) in [5.41, 5.74) is 5.21. The number of piperidine rings is 2. The third kappa shape index (κ3) is 5.43. The topological polar surface area (TPSA) is 61.7 Å². The van der Waals surface area contributed by atoms with E-state index in [4.69, 9.17) is 4.74 Å². The second kappa shape index (κ2) is 12.2. The molecule has 2 saturated carbocycles. The second-order valence-corrected chi connectivity index (χ2v) is 13.6. The van der Waals surface area contributed by atoms with Crippen molar-refractivity contribution in [3.63, 3.8) is 0 Å². The lowest BCUT2D eigenvalue weighted by atomic mass is 9.57. The highest BCUT2D eigenvalue weighted by molar-refractivity contribution is 5.59. The van der Waals surface area contributed by atoms with Crippen LogP contribution in [0.15, 0.2) is 73.2 Å². The molecule has 4 fully saturated rings. The van der Waals surface area contributed by atoms with Gasteiger partial charge in [0.1, 0.15) is 0 Å². The average Bonchev–Trinajstić information content (AvgIpc) is 3.43. The van der Waals surface area contributed by atoms with Crippen molar-refractivity contribution in [2.24, 2.45) is 29.1 Å². The lowest BCUT2D eigenvalue weighted by Crippen LogP contribution is -2.61. The highest BCUT2D eigenvalue weighted by atomic mass is 16.5. The summed E-state index contributed by atoms with van der Waals surface area (Å²) >= 11 is 0. The van der Waals surface area contributed by atoms with Gasteiger partial charge in [-0.25, -0.2) is 0 Å². The fraction of sp³-hybridized carbons (Fsp3) is 0.556. The number of methoxy groups -OCH3 is 1. The van der Waals surface area contributed by atoms with Crippen molar-refractivity contribution < 1.29 is 9.84 Å². The fourth-order valence-corrected chi connectivity index (χ4v) is 9.59. The van der Waals surface area contributed by atoms with E-state index < -0.39 is 0 Å². The molecule has 4 aliphatic rings. The molecule has 4 heterocycles. The van der Waals surface area contributed by atoms with Crippen LogP contribution in [0.25, 0.3) is 11.3 Å². The van der Waals surface area contributed by atoms with Crippen LogP contribution in [0, 0.1) is 29.1 Å². The van der Waals surface area contributed by atoms with Crippen molar-refractivity contribution in [1.29, 1.82) is 0 Å². The SMILES string of the molecule is COC1CCC2C(C1)CC1C2C2(CCN(Cc3ccc(-c4ccccn4)cc3)CC2)CN(Cc2ccncc2)[C@@H]1CO. The third-order valence-electron chi connectivity index (χ3n) is 11.5. The largest absolute Gasteiger partial charge is 0.395 e. The van der Waals surface area contributed by atoms with Gasteiger partial charge in [-0.15, -0.1) is 0 Å². The van der Waals surface area contributed by atoms with E-state index in [0.29, 0.717) is 23.4 Å². The Labute approximate surface area is 251 Å². The number of fused-ring (bicyclic) bond motifs is 4. The molecule has 2 aliphatic heterocycles. The minimum absolute atomic E-state index is 0.246. The number of likely N-dealkylation sites (tertiary alicyclic amines) is 2. The van der Waals surface area contributed by atoms with Gasteiger partial charge in [0.2, 0.25) is 0 Å².